The zero-order valence-electron chi connectivity index (χ0n) is 13.6. The number of ether oxygens (including phenoxy) is 2. The summed E-state index contributed by atoms with van der Waals surface area (Å²) in [5.74, 6) is -0.376. The molecule has 1 atom stereocenters. The first-order chi connectivity index (χ1) is 12.3. The van der Waals surface area contributed by atoms with Gasteiger partial charge in [0.15, 0.2) is 0 Å². The summed E-state index contributed by atoms with van der Waals surface area (Å²) in [6.45, 7) is 0.142. The largest absolute Gasteiger partial charge is 0.457 e. The molecule has 1 fully saturated rings. The lowest BCUT2D eigenvalue weighted by molar-refractivity contribution is -0.123. The molecular formula is C17H17FN2O5S. The number of benzene rings is 2. The van der Waals surface area contributed by atoms with Crippen LogP contribution in [0.1, 0.15) is 6.42 Å². The number of primary amides is 1. The predicted octanol–water partition coefficient (Wildman–Crippen LogP) is 1.54. The first kappa shape index (κ1) is 18.3. The SMILES string of the molecule is NC(=O)C1(NS(=O)(=O)c2ccc(Oc3ccc(F)cc3)cc2)CCOC1. The van der Waals surface area contributed by atoms with Crippen LogP contribution >= 0.6 is 0 Å². The summed E-state index contributed by atoms with van der Waals surface area (Å²) >= 11 is 0. The standard InChI is InChI=1S/C17H17FN2O5S/c18-12-1-3-13(4-2-12)25-14-5-7-15(8-6-14)26(22,23)20-17(16(19)21)9-10-24-11-17/h1-8,20H,9-11H2,(H2,19,21). The molecule has 1 unspecified atom stereocenters. The van der Waals surface area contributed by atoms with Crippen LogP contribution in [0.3, 0.4) is 0 Å². The highest BCUT2D eigenvalue weighted by Gasteiger charge is 2.44. The molecule has 0 spiro atoms. The summed E-state index contributed by atoms with van der Waals surface area (Å²) in [4.78, 5) is 11.6. The Balaban J connectivity index is 1.76. The molecule has 7 nitrogen and oxygen atoms in total. The Morgan fingerprint density at radius 2 is 1.69 bits per heavy atom. The number of halogens is 1. The molecule has 1 saturated heterocycles. The second-order valence-corrected chi connectivity index (χ2v) is 7.56. The van der Waals surface area contributed by atoms with Crippen molar-refractivity contribution in [1.29, 1.82) is 0 Å². The minimum absolute atomic E-state index is 0.0449. The third kappa shape index (κ3) is 3.85. The van der Waals surface area contributed by atoms with Gasteiger partial charge in [0.2, 0.25) is 15.9 Å². The molecule has 0 aromatic heterocycles. The Morgan fingerprint density at radius 3 is 2.19 bits per heavy atom. The number of carbonyl (C=O) groups excluding carboxylic acids is 1. The zero-order chi connectivity index (χ0) is 18.8. The molecule has 2 aromatic rings. The van der Waals surface area contributed by atoms with E-state index in [1.807, 2.05) is 0 Å². The van der Waals surface area contributed by atoms with Crippen molar-refractivity contribution in [3.05, 3.63) is 54.3 Å². The van der Waals surface area contributed by atoms with Gasteiger partial charge < -0.3 is 15.2 Å². The first-order valence-electron chi connectivity index (χ1n) is 7.76. The van der Waals surface area contributed by atoms with Crippen LogP contribution in [0.15, 0.2) is 53.4 Å². The normalized spacial score (nSPS) is 20.0. The molecule has 1 heterocycles. The average molecular weight is 380 g/mol. The molecule has 0 bridgehead atoms. The Bertz CT molecular complexity index is 892. The molecular weight excluding hydrogens is 363 g/mol. The van der Waals surface area contributed by atoms with Crippen molar-refractivity contribution >= 4 is 15.9 Å². The predicted molar refractivity (Wildman–Crippen MR) is 90.6 cm³/mol. The number of nitrogens with one attached hydrogen (secondary N) is 1. The van der Waals surface area contributed by atoms with Gasteiger partial charge in [0.1, 0.15) is 22.9 Å². The second kappa shape index (κ2) is 7.02. The van der Waals surface area contributed by atoms with Gasteiger partial charge in [0.05, 0.1) is 11.5 Å². The van der Waals surface area contributed by atoms with E-state index < -0.39 is 21.5 Å². The van der Waals surface area contributed by atoms with Crippen LogP contribution in [0.25, 0.3) is 0 Å². The Morgan fingerprint density at radius 1 is 1.12 bits per heavy atom. The van der Waals surface area contributed by atoms with Crippen LogP contribution < -0.4 is 15.2 Å². The Kier molecular flexibility index (Phi) is 4.94. The van der Waals surface area contributed by atoms with E-state index in [2.05, 4.69) is 4.72 Å². The smallest absolute Gasteiger partial charge is 0.241 e. The summed E-state index contributed by atoms with van der Waals surface area (Å²) < 4.78 is 51.0. The van der Waals surface area contributed by atoms with Gasteiger partial charge in [-0.3, -0.25) is 4.79 Å². The van der Waals surface area contributed by atoms with Gasteiger partial charge >= 0.3 is 0 Å². The number of rotatable bonds is 6. The van der Waals surface area contributed by atoms with Crippen LogP contribution in [0, 0.1) is 5.82 Å². The van der Waals surface area contributed by atoms with E-state index in [1.165, 1.54) is 48.5 Å². The van der Waals surface area contributed by atoms with Gasteiger partial charge in [0, 0.05) is 13.0 Å². The third-order valence-electron chi connectivity index (χ3n) is 4.01. The van der Waals surface area contributed by atoms with Crippen LogP contribution in [0.2, 0.25) is 0 Å². The Labute approximate surface area is 150 Å². The number of sulfonamides is 1. The molecule has 0 saturated carbocycles. The number of amides is 1. The maximum absolute atomic E-state index is 12.9. The topological polar surface area (TPSA) is 108 Å². The molecule has 26 heavy (non-hydrogen) atoms. The van der Waals surface area contributed by atoms with Crippen molar-refractivity contribution in [2.24, 2.45) is 5.73 Å². The fourth-order valence-corrected chi connectivity index (χ4v) is 3.92. The van der Waals surface area contributed by atoms with Crippen LogP contribution in [0.4, 0.5) is 4.39 Å². The van der Waals surface area contributed by atoms with Crippen molar-refractivity contribution in [2.75, 3.05) is 13.2 Å². The van der Waals surface area contributed by atoms with E-state index in [9.17, 15) is 17.6 Å². The van der Waals surface area contributed by atoms with E-state index in [4.69, 9.17) is 15.2 Å². The van der Waals surface area contributed by atoms with E-state index in [0.29, 0.717) is 11.5 Å². The van der Waals surface area contributed by atoms with Crippen LogP contribution in [-0.4, -0.2) is 33.1 Å². The zero-order valence-corrected chi connectivity index (χ0v) is 14.5. The number of carbonyl (C=O) groups is 1. The third-order valence-corrected chi connectivity index (χ3v) is 5.56. The molecule has 1 amide bonds. The molecule has 138 valence electrons. The van der Waals surface area contributed by atoms with Crippen LogP contribution in [0.5, 0.6) is 11.5 Å². The highest BCUT2D eigenvalue weighted by atomic mass is 32.2. The summed E-state index contributed by atoms with van der Waals surface area (Å²) in [5.41, 5.74) is 3.90. The maximum Gasteiger partial charge on any atom is 0.241 e. The van der Waals surface area contributed by atoms with Gasteiger partial charge in [-0.25, -0.2) is 12.8 Å². The summed E-state index contributed by atoms with van der Waals surface area (Å²) in [5, 5.41) is 0. The number of nitrogens with two attached hydrogens (primary N) is 1. The highest BCUT2D eigenvalue weighted by molar-refractivity contribution is 7.89. The monoisotopic (exact) mass is 380 g/mol. The molecule has 9 heteroatoms. The minimum atomic E-state index is -3.98. The fourth-order valence-electron chi connectivity index (χ4n) is 2.53. The molecule has 1 aliphatic heterocycles. The first-order valence-corrected chi connectivity index (χ1v) is 9.24. The minimum Gasteiger partial charge on any atom is -0.457 e. The van der Waals surface area contributed by atoms with E-state index in [-0.39, 0.29) is 30.3 Å². The van der Waals surface area contributed by atoms with Gasteiger partial charge in [-0.15, -0.1) is 0 Å². The molecule has 3 N–H and O–H groups in total. The van der Waals surface area contributed by atoms with Gasteiger partial charge in [-0.2, -0.15) is 4.72 Å². The van der Waals surface area contributed by atoms with Crippen molar-refractivity contribution in [3.8, 4) is 11.5 Å². The summed E-state index contributed by atoms with van der Waals surface area (Å²) in [7, 11) is -3.98. The van der Waals surface area contributed by atoms with Crippen molar-refractivity contribution in [3.63, 3.8) is 0 Å². The number of hydrogen-bond acceptors (Lipinski definition) is 5. The molecule has 3 rings (SSSR count). The Hall–Kier alpha value is -2.49. The lowest BCUT2D eigenvalue weighted by Crippen LogP contribution is -2.57. The van der Waals surface area contributed by atoms with Crippen molar-refractivity contribution in [1.82, 2.24) is 4.72 Å². The summed E-state index contributed by atoms with van der Waals surface area (Å²) in [6, 6.07) is 11.0. The molecule has 1 aliphatic rings. The number of hydrogen-bond donors (Lipinski definition) is 2. The lowest BCUT2D eigenvalue weighted by Gasteiger charge is -2.24. The highest BCUT2D eigenvalue weighted by Crippen LogP contribution is 2.25. The van der Waals surface area contributed by atoms with Crippen molar-refractivity contribution < 1.29 is 27.1 Å². The summed E-state index contributed by atoms with van der Waals surface area (Å²) in [6.07, 6.45) is 0.174. The van der Waals surface area contributed by atoms with Crippen LogP contribution in [-0.2, 0) is 19.6 Å². The fraction of sp³-hybridized carbons (Fsp3) is 0.235. The van der Waals surface area contributed by atoms with E-state index in [1.54, 1.807) is 0 Å². The molecule has 0 radical (unpaired) electrons. The maximum atomic E-state index is 12.9. The lowest BCUT2D eigenvalue weighted by atomic mass is 10.0. The van der Waals surface area contributed by atoms with Gasteiger partial charge in [-0.1, -0.05) is 0 Å². The molecule has 0 aliphatic carbocycles. The second-order valence-electron chi connectivity index (χ2n) is 5.88. The quantitative estimate of drug-likeness (QED) is 0.790. The van der Waals surface area contributed by atoms with E-state index in [0.717, 1.165) is 0 Å². The molecule has 2 aromatic carbocycles. The van der Waals surface area contributed by atoms with Gasteiger partial charge in [-0.05, 0) is 48.5 Å². The van der Waals surface area contributed by atoms with E-state index >= 15 is 0 Å². The van der Waals surface area contributed by atoms with Gasteiger partial charge in [0.25, 0.3) is 0 Å². The average Bonchev–Trinajstić information content (AvgIpc) is 3.07. The van der Waals surface area contributed by atoms with Crippen molar-refractivity contribution in [2.45, 2.75) is 16.9 Å².